The van der Waals surface area contributed by atoms with E-state index in [1.807, 2.05) is 6.07 Å². The fourth-order valence-electron chi connectivity index (χ4n) is 2.10. The minimum absolute atomic E-state index is 0.0108. The number of halogens is 1. The highest BCUT2D eigenvalue weighted by atomic mass is 35.5. The summed E-state index contributed by atoms with van der Waals surface area (Å²) in [5.41, 5.74) is 4.44. The van der Waals surface area contributed by atoms with Gasteiger partial charge in [0.15, 0.2) is 5.69 Å². The van der Waals surface area contributed by atoms with Crippen molar-refractivity contribution in [2.75, 3.05) is 0 Å². The number of aromatic amines is 1. The molecule has 2 aromatic heterocycles. The molecule has 0 aliphatic carbocycles. The molecule has 0 saturated heterocycles. The van der Waals surface area contributed by atoms with Gasteiger partial charge >= 0.3 is 0 Å². The molecule has 8 nitrogen and oxygen atoms in total. The van der Waals surface area contributed by atoms with Crippen molar-refractivity contribution in [1.29, 1.82) is 0 Å². The summed E-state index contributed by atoms with van der Waals surface area (Å²) in [6.45, 7) is 1.69. The van der Waals surface area contributed by atoms with Crippen LogP contribution in [0.5, 0.6) is 0 Å². The SMILES string of the molecule is C/C(=N\NC(=O)c1cc(-c2ccc(Cl)s2)[nH]n1)c1ccc([N+](=O)[O-])cc1. The van der Waals surface area contributed by atoms with Crippen LogP contribution < -0.4 is 5.43 Å². The molecule has 1 aromatic carbocycles. The lowest BCUT2D eigenvalue weighted by Crippen LogP contribution is -2.19. The van der Waals surface area contributed by atoms with Crippen LogP contribution in [0.3, 0.4) is 0 Å². The number of hydrogen-bond donors (Lipinski definition) is 2. The van der Waals surface area contributed by atoms with Crippen LogP contribution in [0, 0.1) is 10.1 Å². The van der Waals surface area contributed by atoms with E-state index in [-0.39, 0.29) is 11.4 Å². The van der Waals surface area contributed by atoms with Gasteiger partial charge in [-0.15, -0.1) is 11.3 Å². The number of H-pyrrole nitrogens is 1. The van der Waals surface area contributed by atoms with E-state index in [4.69, 9.17) is 11.6 Å². The van der Waals surface area contributed by atoms with Crippen LogP contribution >= 0.6 is 22.9 Å². The van der Waals surface area contributed by atoms with Crippen molar-refractivity contribution in [1.82, 2.24) is 15.6 Å². The van der Waals surface area contributed by atoms with E-state index in [1.54, 1.807) is 31.2 Å². The molecule has 3 rings (SSSR count). The predicted molar refractivity (Wildman–Crippen MR) is 99.7 cm³/mol. The summed E-state index contributed by atoms with van der Waals surface area (Å²) in [6.07, 6.45) is 0. The molecule has 2 heterocycles. The van der Waals surface area contributed by atoms with Crippen molar-refractivity contribution < 1.29 is 9.72 Å². The van der Waals surface area contributed by atoms with Gasteiger partial charge in [-0.1, -0.05) is 11.6 Å². The van der Waals surface area contributed by atoms with Gasteiger partial charge in [0.25, 0.3) is 11.6 Å². The first-order valence-electron chi connectivity index (χ1n) is 7.34. The van der Waals surface area contributed by atoms with E-state index in [9.17, 15) is 14.9 Å². The van der Waals surface area contributed by atoms with E-state index in [1.165, 1.54) is 23.5 Å². The zero-order chi connectivity index (χ0) is 18.7. The van der Waals surface area contributed by atoms with Crippen LogP contribution in [0.4, 0.5) is 5.69 Å². The Morgan fingerprint density at radius 1 is 1.31 bits per heavy atom. The highest BCUT2D eigenvalue weighted by Crippen LogP contribution is 2.29. The molecule has 0 fully saturated rings. The average Bonchev–Trinajstić information content (AvgIpc) is 3.28. The minimum Gasteiger partial charge on any atom is -0.276 e. The summed E-state index contributed by atoms with van der Waals surface area (Å²) in [7, 11) is 0. The maximum absolute atomic E-state index is 12.2. The third-order valence-electron chi connectivity index (χ3n) is 3.47. The standard InChI is InChI=1S/C16H12ClN5O3S/c1-9(10-2-4-11(5-3-10)22(24)25)18-21-16(23)13-8-12(19-20-13)14-6-7-15(17)26-14/h2-8H,1H3,(H,19,20)(H,21,23)/b18-9+. The maximum atomic E-state index is 12.2. The van der Waals surface area contributed by atoms with Gasteiger partial charge < -0.3 is 0 Å². The van der Waals surface area contributed by atoms with Crippen LogP contribution in [0.2, 0.25) is 4.34 Å². The molecule has 0 aliphatic heterocycles. The van der Waals surface area contributed by atoms with Crippen LogP contribution in [-0.2, 0) is 0 Å². The molecule has 0 bridgehead atoms. The Morgan fingerprint density at radius 3 is 2.65 bits per heavy atom. The smallest absolute Gasteiger partial charge is 0.276 e. The average molecular weight is 390 g/mol. The molecule has 26 heavy (non-hydrogen) atoms. The zero-order valence-electron chi connectivity index (χ0n) is 13.4. The van der Waals surface area contributed by atoms with Gasteiger partial charge in [0, 0.05) is 12.1 Å². The Bertz CT molecular complexity index is 993. The number of amides is 1. The highest BCUT2D eigenvalue weighted by Gasteiger charge is 2.12. The number of nitrogens with one attached hydrogen (secondary N) is 2. The third kappa shape index (κ3) is 3.95. The molecule has 3 aromatic rings. The fourth-order valence-corrected chi connectivity index (χ4v) is 3.11. The molecule has 0 radical (unpaired) electrons. The number of aromatic nitrogens is 2. The lowest BCUT2D eigenvalue weighted by molar-refractivity contribution is -0.384. The van der Waals surface area contributed by atoms with Gasteiger partial charge in [-0.25, -0.2) is 5.43 Å². The van der Waals surface area contributed by atoms with Gasteiger partial charge in [-0.3, -0.25) is 20.0 Å². The number of rotatable bonds is 5. The van der Waals surface area contributed by atoms with Crippen LogP contribution in [-0.4, -0.2) is 26.7 Å². The highest BCUT2D eigenvalue weighted by molar-refractivity contribution is 7.19. The first-order chi connectivity index (χ1) is 12.4. The maximum Gasteiger partial charge on any atom is 0.291 e. The molecular weight excluding hydrogens is 378 g/mol. The van der Waals surface area contributed by atoms with E-state index < -0.39 is 10.8 Å². The number of nitro groups is 1. The Labute approximate surface area is 156 Å². The molecule has 0 unspecified atom stereocenters. The summed E-state index contributed by atoms with van der Waals surface area (Å²) in [5, 5.41) is 21.4. The Balaban J connectivity index is 1.68. The van der Waals surface area contributed by atoms with Crippen LogP contribution in [0.1, 0.15) is 23.0 Å². The first-order valence-corrected chi connectivity index (χ1v) is 8.54. The first kappa shape index (κ1) is 17.8. The second-order valence-corrected chi connectivity index (χ2v) is 6.93. The summed E-state index contributed by atoms with van der Waals surface area (Å²) in [5.74, 6) is -0.476. The quantitative estimate of drug-likeness (QED) is 0.392. The van der Waals surface area contributed by atoms with Crippen LogP contribution in [0.25, 0.3) is 10.6 Å². The molecule has 0 atom stereocenters. The number of carbonyl (C=O) groups is 1. The van der Waals surface area contributed by atoms with E-state index in [0.29, 0.717) is 21.3 Å². The van der Waals surface area contributed by atoms with Crippen molar-refractivity contribution in [3.63, 3.8) is 0 Å². The summed E-state index contributed by atoms with van der Waals surface area (Å²) < 4.78 is 0.643. The Kier molecular flexibility index (Phi) is 5.10. The van der Waals surface area contributed by atoms with E-state index in [0.717, 1.165) is 4.88 Å². The lowest BCUT2D eigenvalue weighted by Gasteiger charge is -2.01. The summed E-state index contributed by atoms with van der Waals surface area (Å²) in [4.78, 5) is 23.2. The molecule has 1 amide bonds. The fraction of sp³-hybridized carbons (Fsp3) is 0.0625. The normalized spacial score (nSPS) is 11.4. The molecule has 2 N–H and O–H groups in total. The summed E-state index contributed by atoms with van der Waals surface area (Å²) >= 11 is 7.27. The zero-order valence-corrected chi connectivity index (χ0v) is 15.0. The van der Waals surface area contributed by atoms with Crippen molar-refractivity contribution in [3.05, 3.63) is 68.2 Å². The topological polar surface area (TPSA) is 113 Å². The van der Waals surface area contributed by atoms with Gasteiger partial charge in [0.1, 0.15) is 0 Å². The minimum atomic E-state index is -0.478. The van der Waals surface area contributed by atoms with Crippen molar-refractivity contribution in [3.8, 4) is 10.6 Å². The second-order valence-electron chi connectivity index (χ2n) is 5.21. The number of thiophene rings is 1. The van der Waals surface area contributed by atoms with Gasteiger partial charge in [-0.2, -0.15) is 10.2 Å². The number of hydrogen-bond acceptors (Lipinski definition) is 6. The number of nitro benzene ring substituents is 1. The number of benzene rings is 1. The predicted octanol–water partition coefficient (Wildman–Crippen LogP) is 3.85. The monoisotopic (exact) mass is 389 g/mol. The van der Waals surface area contributed by atoms with Crippen molar-refractivity contribution in [2.24, 2.45) is 5.10 Å². The number of hydrazone groups is 1. The van der Waals surface area contributed by atoms with E-state index in [2.05, 4.69) is 20.7 Å². The molecule has 0 spiro atoms. The number of nitrogens with zero attached hydrogens (tertiary/aromatic N) is 3. The molecule has 10 heteroatoms. The van der Waals surface area contributed by atoms with Gasteiger partial charge in [0.05, 0.1) is 25.5 Å². The Hall–Kier alpha value is -3.04. The molecule has 0 saturated carbocycles. The molecular formula is C16H12ClN5O3S. The third-order valence-corrected chi connectivity index (χ3v) is 4.73. The number of non-ortho nitro benzene ring substituents is 1. The van der Waals surface area contributed by atoms with Crippen molar-refractivity contribution in [2.45, 2.75) is 6.92 Å². The summed E-state index contributed by atoms with van der Waals surface area (Å²) in [6, 6.07) is 11.1. The lowest BCUT2D eigenvalue weighted by atomic mass is 10.1. The molecule has 0 aliphatic rings. The largest absolute Gasteiger partial charge is 0.291 e. The van der Waals surface area contributed by atoms with Gasteiger partial charge in [0.2, 0.25) is 0 Å². The van der Waals surface area contributed by atoms with Gasteiger partial charge in [-0.05, 0) is 42.8 Å². The second kappa shape index (κ2) is 7.46. The molecule has 132 valence electrons. The Morgan fingerprint density at radius 2 is 2.04 bits per heavy atom. The van der Waals surface area contributed by atoms with E-state index >= 15 is 0 Å². The number of carbonyl (C=O) groups excluding carboxylic acids is 1. The van der Waals surface area contributed by atoms with Crippen LogP contribution in [0.15, 0.2) is 47.6 Å². The van der Waals surface area contributed by atoms with Crippen molar-refractivity contribution >= 4 is 40.2 Å².